The molecule has 3 aromatic carbocycles. The topological polar surface area (TPSA) is 67.9 Å². The number of Topliss-reactive ketones (excluding diaryl/α,β-unsaturated/α-hetero) is 1. The first-order chi connectivity index (χ1) is 19.5. The average Bonchev–Trinajstić information content (AvgIpc) is 3.64. The molecule has 4 aliphatic rings. The summed E-state index contributed by atoms with van der Waals surface area (Å²) in [6.07, 6.45) is 4.21. The Morgan fingerprint density at radius 1 is 0.950 bits per heavy atom. The third-order valence-electron chi connectivity index (χ3n) is 9.45. The van der Waals surface area contributed by atoms with Crippen molar-refractivity contribution in [2.24, 2.45) is 5.41 Å². The lowest BCUT2D eigenvalue weighted by Crippen LogP contribution is -2.60. The summed E-state index contributed by atoms with van der Waals surface area (Å²) in [6, 6.07) is 24.0. The molecule has 2 saturated heterocycles. The van der Waals surface area contributed by atoms with Gasteiger partial charge < -0.3 is 14.8 Å². The number of methoxy groups -OCH3 is 2. The zero-order valence-electron chi connectivity index (χ0n) is 22.7. The van der Waals surface area contributed by atoms with E-state index >= 15 is 4.79 Å². The monoisotopic (exact) mass is 552 g/mol. The summed E-state index contributed by atoms with van der Waals surface area (Å²) in [7, 11) is 3.31. The highest BCUT2D eigenvalue weighted by Gasteiger charge is 2.77. The average molecular weight is 553 g/mol. The quantitative estimate of drug-likeness (QED) is 0.410. The third kappa shape index (κ3) is 3.34. The van der Waals surface area contributed by atoms with Crippen LogP contribution in [0.1, 0.15) is 41.9 Å². The molecule has 40 heavy (non-hydrogen) atoms. The summed E-state index contributed by atoms with van der Waals surface area (Å²) < 4.78 is 10.8. The molecule has 4 atom stereocenters. The van der Waals surface area contributed by atoms with Crippen LogP contribution in [0.4, 0.5) is 5.69 Å². The molecule has 0 bridgehead atoms. The van der Waals surface area contributed by atoms with Gasteiger partial charge in [0.2, 0.25) is 0 Å². The second-order valence-electron chi connectivity index (χ2n) is 11.1. The number of ketones is 1. The van der Waals surface area contributed by atoms with Crippen LogP contribution in [0, 0.1) is 5.41 Å². The molecule has 0 unspecified atom stereocenters. The standard InChI is InChI=1S/C33H32N2O4S/c1-38-24-13-9-21(10-14-24)18-23-6-5-17-32(30(23)36)29(22-11-15-25(39-2)16-12-22)28-19-40-20-35(28)33(32)26-7-3-4-8-27(26)34-31(33)37/h3-4,7-16,18,28-29H,5-6,17,19-20H2,1-2H3,(H,34,37)/b23-18+/t28-,29-,32-,33-/m0/s1. The Morgan fingerprint density at radius 2 is 1.65 bits per heavy atom. The lowest BCUT2D eigenvalue weighted by molar-refractivity contribution is -0.145. The fraction of sp³-hybridized carbons (Fsp3) is 0.333. The summed E-state index contributed by atoms with van der Waals surface area (Å²) in [6.45, 7) is 0. The molecule has 1 amide bonds. The van der Waals surface area contributed by atoms with Crippen molar-refractivity contribution in [3.8, 4) is 11.5 Å². The fourth-order valence-electron chi connectivity index (χ4n) is 7.93. The molecule has 3 fully saturated rings. The zero-order valence-corrected chi connectivity index (χ0v) is 23.5. The van der Waals surface area contributed by atoms with Gasteiger partial charge in [-0.05, 0) is 72.4 Å². The number of fused-ring (bicyclic) bond motifs is 5. The van der Waals surface area contributed by atoms with Crippen LogP contribution in [0.15, 0.2) is 78.4 Å². The fourth-order valence-corrected chi connectivity index (χ4v) is 9.23. The number of benzene rings is 3. The van der Waals surface area contributed by atoms with E-state index in [0.29, 0.717) is 18.7 Å². The van der Waals surface area contributed by atoms with Gasteiger partial charge in [0.1, 0.15) is 17.0 Å². The van der Waals surface area contributed by atoms with E-state index in [0.717, 1.165) is 51.6 Å². The molecule has 3 heterocycles. The number of carbonyl (C=O) groups excluding carboxylic acids is 2. The second-order valence-corrected chi connectivity index (χ2v) is 12.1. The smallest absolute Gasteiger partial charge is 0.250 e. The van der Waals surface area contributed by atoms with Crippen LogP contribution in [0.2, 0.25) is 0 Å². The molecule has 204 valence electrons. The van der Waals surface area contributed by atoms with Gasteiger partial charge in [-0.25, -0.2) is 0 Å². The van der Waals surface area contributed by atoms with Crippen molar-refractivity contribution in [1.29, 1.82) is 0 Å². The van der Waals surface area contributed by atoms with Crippen molar-refractivity contribution in [2.75, 3.05) is 31.2 Å². The maximum absolute atomic E-state index is 15.2. The van der Waals surface area contributed by atoms with Gasteiger partial charge in [0.15, 0.2) is 5.78 Å². The van der Waals surface area contributed by atoms with Gasteiger partial charge in [-0.3, -0.25) is 14.5 Å². The third-order valence-corrected chi connectivity index (χ3v) is 10.5. The summed E-state index contributed by atoms with van der Waals surface area (Å²) >= 11 is 1.85. The highest BCUT2D eigenvalue weighted by Crippen LogP contribution is 2.70. The van der Waals surface area contributed by atoms with Gasteiger partial charge in [-0.2, -0.15) is 0 Å². The van der Waals surface area contributed by atoms with Crippen LogP contribution >= 0.6 is 11.8 Å². The molecule has 1 aliphatic carbocycles. The highest BCUT2D eigenvalue weighted by atomic mass is 32.2. The Morgan fingerprint density at radius 3 is 2.38 bits per heavy atom. The predicted octanol–water partition coefficient (Wildman–Crippen LogP) is 5.85. The number of nitrogens with one attached hydrogen (secondary N) is 1. The van der Waals surface area contributed by atoms with Crippen LogP contribution in [0.3, 0.4) is 0 Å². The number of nitrogens with zero attached hydrogens (tertiary/aromatic N) is 1. The van der Waals surface area contributed by atoms with Crippen molar-refractivity contribution in [3.05, 3.63) is 95.1 Å². The Balaban J connectivity index is 1.47. The molecular weight excluding hydrogens is 520 g/mol. The van der Waals surface area contributed by atoms with Crippen LogP contribution in [0.25, 0.3) is 6.08 Å². The van der Waals surface area contributed by atoms with E-state index in [1.54, 1.807) is 14.2 Å². The minimum atomic E-state index is -1.07. The highest BCUT2D eigenvalue weighted by molar-refractivity contribution is 7.99. The number of thioether (sulfide) groups is 1. The molecule has 6 nitrogen and oxygen atoms in total. The zero-order chi connectivity index (χ0) is 27.5. The van der Waals surface area contributed by atoms with Crippen LogP contribution in [0.5, 0.6) is 11.5 Å². The van der Waals surface area contributed by atoms with Gasteiger partial charge in [0.05, 0.1) is 19.6 Å². The van der Waals surface area contributed by atoms with E-state index in [2.05, 4.69) is 28.4 Å². The number of hydrogen-bond donors (Lipinski definition) is 1. The molecular formula is C33H32N2O4S. The van der Waals surface area contributed by atoms with Gasteiger partial charge in [-0.1, -0.05) is 42.5 Å². The molecule has 2 spiro atoms. The number of amides is 1. The number of allylic oxidation sites excluding steroid dienone is 1. The molecule has 3 aliphatic heterocycles. The van der Waals surface area contributed by atoms with Crippen LogP contribution in [-0.4, -0.2) is 48.5 Å². The normalized spacial score (nSPS) is 30.1. The molecule has 0 aromatic heterocycles. The summed E-state index contributed by atoms with van der Waals surface area (Å²) in [5, 5.41) is 3.21. The van der Waals surface area contributed by atoms with Gasteiger partial charge in [-0.15, -0.1) is 11.8 Å². The van der Waals surface area contributed by atoms with Crippen LogP contribution in [-0.2, 0) is 15.1 Å². The van der Waals surface area contributed by atoms with Gasteiger partial charge in [0.25, 0.3) is 5.91 Å². The summed E-state index contributed by atoms with van der Waals surface area (Å²) in [5.74, 6) is 3.03. The maximum Gasteiger partial charge on any atom is 0.250 e. The van der Waals surface area contributed by atoms with E-state index in [-0.39, 0.29) is 23.7 Å². The molecule has 3 aromatic rings. The number of para-hydroxylation sites is 1. The lowest BCUT2D eigenvalue weighted by Gasteiger charge is -2.49. The second kappa shape index (κ2) is 9.53. The summed E-state index contributed by atoms with van der Waals surface area (Å²) in [5.41, 5.74) is 2.58. The van der Waals surface area contributed by atoms with Crippen molar-refractivity contribution >= 4 is 35.2 Å². The largest absolute Gasteiger partial charge is 0.497 e. The first-order valence-electron chi connectivity index (χ1n) is 13.8. The molecule has 1 N–H and O–H groups in total. The number of ether oxygens (including phenoxy) is 2. The van der Waals surface area contributed by atoms with Crippen molar-refractivity contribution < 1.29 is 19.1 Å². The maximum atomic E-state index is 15.2. The first kappa shape index (κ1) is 25.4. The van der Waals surface area contributed by atoms with E-state index < -0.39 is 11.0 Å². The molecule has 7 rings (SSSR count). The number of hydrogen-bond acceptors (Lipinski definition) is 6. The Kier molecular flexibility index (Phi) is 6.06. The Hall–Kier alpha value is -3.55. The van der Waals surface area contributed by atoms with E-state index in [9.17, 15) is 4.79 Å². The van der Waals surface area contributed by atoms with Crippen LogP contribution < -0.4 is 14.8 Å². The van der Waals surface area contributed by atoms with Crippen molar-refractivity contribution in [3.63, 3.8) is 0 Å². The van der Waals surface area contributed by atoms with Crippen molar-refractivity contribution in [2.45, 2.75) is 36.8 Å². The van der Waals surface area contributed by atoms with Gasteiger partial charge in [0, 0.05) is 34.8 Å². The van der Waals surface area contributed by atoms with Crippen molar-refractivity contribution in [1.82, 2.24) is 4.90 Å². The molecule has 7 heteroatoms. The predicted molar refractivity (Wildman–Crippen MR) is 158 cm³/mol. The Bertz CT molecular complexity index is 1520. The Labute approximate surface area is 238 Å². The molecule has 1 saturated carbocycles. The van der Waals surface area contributed by atoms with E-state index in [1.165, 1.54) is 0 Å². The van der Waals surface area contributed by atoms with Gasteiger partial charge >= 0.3 is 0 Å². The summed E-state index contributed by atoms with van der Waals surface area (Å²) in [4.78, 5) is 32.0. The minimum absolute atomic E-state index is 0.0552. The SMILES string of the molecule is COc1ccc(/C=C2\CCC[C@@]3(C2=O)[C@@H](c2ccc(OC)cc2)[C@@H]2CSCN2[C@@]32C(=O)Nc3ccccc32)cc1. The number of carbonyl (C=O) groups is 2. The lowest BCUT2D eigenvalue weighted by atomic mass is 9.53. The number of anilines is 1. The van der Waals surface area contributed by atoms with E-state index in [1.807, 2.05) is 72.4 Å². The minimum Gasteiger partial charge on any atom is -0.497 e. The number of rotatable bonds is 4. The first-order valence-corrected chi connectivity index (χ1v) is 15.0. The molecule has 0 radical (unpaired) electrons. The van der Waals surface area contributed by atoms with E-state index in [4.69, 9.17) is 9.47 Å².